The van der Waals surface area contributed by atoms with E-state index in [0.29, 0.717) is 7.62 Å². The van der Waals surface area contributed by atoms with Gasteiger partial charge in [-0.15, -0.1) is 0 Å². The lowest BCUT2D eigenvalue weighted by Gasteiger charge is -1.85. The van der Waals surface area contributed by atoms with Gasteiger partial charge < -0.3 is 9.86 Å². The number of nitrogens with one attached hydrogen (secondary N) is 1. The highest BCUT2D eigenvalue weighted by molar-refractivity contribution is 6.20. The van der Waals surface area contributed by atoms with Crippen LogP contribution in [0.25, 0.3) is 0 Å². The van der Waals surface area contributed by atoms with Gasteiger partial charge in [-0.2, -0.15) is 0 Å². The first-order chi connectivity index (χ1) is 2.41. The molecule has 0 unspecified atom stereocenters. The Bertz CT molecular complexity index is 17.1. The topological polar surface area (TPSA) is 41.5 Å². The summed E-state index contributed by atoms with van der Waals surface area (Å²) >= 11 is 0. The third-order valence-electron chi connectivity index (χ3n) is 0.171. The van der Waals surface area contributed by atoms with E-state index < -0.39 is 0 Å². The minimum absolute atomic E-state index is 0.708. The fourth-order valence-electron chi connectivity index (χ4n) is 0.0527. The minimum Gasteiger partial charge on any atom is -0.439 e. The largest absolute Gasteiger partial charge is 0.439 e. The normalized spacial score (nSPS) is 7.60. The molecular formula is CH5BNO2. The Hall–Kier alpha value is -0.0551. The summed E-state index contributed by atoms with van der Waals surface area (Å²) in [5.74, 6) is 0. The van der Waals surface area contributed by atoms with Crippen LogP contribution in [-0.2, 0) is 4.84 Å². The van der Waals surface area contributed by atoms with Crippen LogP contribution in [0.5, 0.6) is 0 Å². The van der Waals surface area contributed by atoms with E-state index in [4.69, 9.17) is 5.02 Å². The van der Waals surface area contributed by atoms with E-state index in [1.807, 2.05) is 5.39 Å². The summed E-state index contributed by atoms with van der Waals surface area (Å²) in [6, 6.07) is 0. The van der Waals surface area contributed by atoms with Crippen LogP contribution in [0, 0.1) is 0 Å². The van der Waals surface area contributed by atoms with Crippen molar-refractivity contribution in [1.82, 2.24) is 5.39 Å². The van der Waals surface area contributed by atoms with Gasteiger partial charge in [0.05, 0.1) is 7.11 Å². The van der Waals surface area contributed by atoms with Crippen molar-refractivity contribution in [3.8, 4) is 0 Å². The maximum Gasteiger partial charge on any atom is 0.419 e. The Morgan fingerprint density at radius 3 is 2.60 bits per heavy atom. The van der Waals surface area contributed by atoms with Gasteiger partial charge in [0.1, 0.15) is 0 Å². The first-order valence-corrected chi connectivity index (χ1v) is 1.16. The molecule has 3 nitrogen and oxygen atoms in total. The molecule has 0 saturated carbocycles. The Morgan fingerprint density at radius 1 is 2.00 bits per heavy atom. The van der Waals surface area contributed by atoms with Gasteiger partial charge in [-0.3, -0.25) is 0 Å². The first-order valence-electron chi connectivity index (χ1n) is 1.16. The van der Waals surface area contributed by atoms with Gasteiger partial charge in [0.2, 0.25) is 0 Å². The minimum atomic E-state index is 0.708. The third-order valence-corrected chi connectivity index (χ3v) is 0.171. The number of rotatable bonds is 2. The van der Waals surface area contributed by atoms with Crippen molar-refractivity contribution in [2.45, 2.75) is 0 Å². The second-order valence-corrected chi connectivity index (χ2v) is 0.451. The molecule has 0 heterocycles. The smallest absolute Gasteiger partial charge is 0.419 e. The fraction of sp³-hybridized carbons (Fsp3) is 1.00. The molecule has 0 aliphatic rings. The molecule has 0 aromatic carbocycles. The van der Waals surface area contributed by atoms with Crippen LogP contribution in [0.4, 0.5) is 0 Å². The van der Waals surface area contributed by atoms with Gasteiger partial charge in [0, 0.05) is 0 Å². The van der Waals surface area contributed by atoms with Gasteiger partial charge in [-0.1, -0.05) is 0 Å². The fourth-order valence-corrected chi connectivity index (χ4v) is 0.0527. The van der Waals surface area contributed by atoms with Gasteiger partial charge in [-0.05, 0) is 0 Å². The molecule has 0 saturated heterocycles. The van der Waals surface area contributed by atoms with Crippen molar-refractivity contribution in [1.29, 1.82) is 0 Å². The molecule has 0 bridgehead atoms. The van der Waals surface area contributed by atoms with E-state index in [-0.39, 0.29) is 0 Å². The van der Waals surface area contributed by atoms with Crippen LogP contribution < -0.4 is 5.39 Å². The van der Waals surface area contributed by atoms with E-state index in [1.165, 1.54) is 7.11 Å². The second-order valence-electron chi connectivity index (χ2n) is 0.451. The van der Waals surface area contributed by atoms with Gasteiger partial charge >= 0.3 is 7.62 Å². The number of hydrogen-bond acceptors (Lipinski definition) is 3. The van der Waals surface area contributed by atoms with E-state index in [0.717, 1.165) is 0 Å². The highest BCUT2D eigenvalue weighted by Crippen LogP contribution is 1.38. The van der Waals surface area contributed by atoms with Gasteiger partial charge in [-0.25, -0.2) is 5.39 Å². The predicted molar refractivity (Wildman–Crippen MR) is 18.1 cm³/mol. The van der Waals surface area contributed by atoms with Crippen LogP contribution in [0.3, 0.4) is 0 Å². The Morgan fingerprint density at radius 2 is 2.60 bits per heavy atom. The molecule has 0 aromatic heterocycles. The van der Waals surface area contributed by atoms with Crippen molar-refractivity contribution in [3.63, 3.8) is 0 Å². The zero-order chi connectivity index (χ0) is 4.12. The summed E-state index contributed by atoms with van der Waals surface area (Å²) in [6.07, 6.45) is 0. The van der Waals surface area contributed by atoms with Crippen LogP contribution in [0.1, 0.15) is 0 Å². The average molecular weight is 73.9 g/mol. The second kappa shape index (κ2) is 3.94. The quantitative estimate of drug-likeness (QED) is 0.314. The summed E-state index contributed by atoms with van der Waals surface area (Å²) in [6.45, 7) is 0. The molecule has 2 N–H and O–H groups in total. The Kier molecular flexibility index (Phi) is 3.90. The highest BCUT2D eigenvalue weighted by atomic mass is 16.6. The van der Waals surface area contributed by atoms with E-state index in [2.05, 4.69) is 4.84 Å². The lowest BCUT2D eigenvalue weighted by molar-refractivity contribution is 0.143. The molecule has 0 aliphatic heterocycles. The summed E-state index contributed by atoms with van der Waals surface area (Å²) in [5.41, 5.74) is 0. The van der Waals surface area contributed by atoms with Crippen LogP contribution in [0.15, 0.2) is 0 Å². The molecule has 5 heavy (non-hydrogen) atoms. The van der Waals surface area contributed by atoms with Crippen molar-refractivity contribution >= 4 is 7.62 Å². The summed E-state index contributed by atoms with van der Waals surface area (Å²) in [7, 11) is 2.12. The lowest BCUT2D eigenvalue weighted by atomic mass is 10.3. The van der Waals surface area contributed by atoms with E-state index in [1.54, 1.807) is 0 Å². The maximum absolute atomic E-state index is 7.71. The molecule has 0 rings (SSSR count). The molecule has 1 radical (unpaired) electrons. The SMILES string of the molecule is CON[B]O. The summed E-state index contributed by atoms with van der Waals surface area (Å²) in [4.78, 5) is 4.14. The molecule has 0 aliphatic carbocycles. The van der Waals surface area contributed by atoms with Gasteiger partial charge in [0.15, 0.2) is 0 Å². The molecule has 0 amide bonds. The molecule has 0 atom stereocenters. The summed E-state index contributed by atoms with van der Waals surface area (Å²) < 4.78 is 0. The highest BCUT2D eigenvalue weighted by Gasteiger charge is 1.71. The Balaban J connectivity index is 2.19. The molecule has 0 aromatic rings. The van der Waals surface area contributed by atoms with E-state index in [9.17, 15) is 0 Å². The Labute approximate surface area is 31.2 Å². The maximum atomic E-state index is 7.71. The van der Waals surface area contributed by atoms with Crippen LogP contribution >= 0.6 is 0 Å². The molecular weight excluding hydrogens is 68.8 g/mol. The van der Waals surface area contributed by atoms with Gasteiger partial charge in [0.25, 0.3) is 0 Å². The molecule has 0 fully saturated rings. The van der Waals surface area contributed by atoms with Crippen molar-refractivity contribution < 1.29 is 9.86 Å². The average Bonchev–Trinajstić information content (AvgIpc) is 1.41. The lowest BCUT2D eigenvalue weighted by Crippen LogP contribution is -2.15. The monoisotopic (exact) mass is 74.0 g/mol. The van der Waals surface area contributed by atoms with E-state index >= 15 is 0 Å². The zero-order valence-corrected chi connectivity index (χ0v) is 2.93. The van der Waals surface area contributed by atoms with Crippen molar-refractivity contribution in [3.05, 3.63) is 0 Å². The molecule has 29 valence electrons. The standard InChI is InChI=1S/CH5BNO2/c1-5-3-2-4/h3-4H,1H3. The van der Waals surface area contributed by atoms with Crippen LogP contribution in [-0.4, -0.2) is 19.8 Å². The summed E-state index contributed by atoms with van der Waals surface area (Å²) in [5, 5.41) is 9.75. The zero-order valence-electron chi connectivity index (χ0n) is 2.93. The van der Waals surface area contributed by atoms with Crippen molar-refractivity contribution in [2.24, 2.45) is 0 Å². The molecule has 0 spiro atoms. The third kappa shape index (κ3) is 3.94. The molecule has 4 heteroatoms. The van der Waals surface area contributed by atoms with Crippen LogP contribution in [0.2, 0.25) is 0 Å². The predicted octanol–water partition coefficient (Wildman–Crippen LogP) is -1.34. The first kappa shape index (κ1) is 4.94. The van der Waals surface area contributed by atoms with Crippen molar-refractivity contribution in [2.75, 3.05) is 7.11 Å². The number of hydrogen-bond donors (Lipinski definition) is 2.